The molecule has 1 amide bonds. The molecule has 0 saturated carbocycles. The molecule has 124 valence electrons. The monoisotopic (exact) mass is 326 g/mol. The topological polar surface area (TPSA) is 32.8 Å². The Hall–Kier alpha value is -2.56. The van der Waals surface area contributed by atoms with Gasteiger partial charge in [-0.1, -0.05) is 24.3 Å². The minimum atomic E-state index is -0.364. The molecular weight excluding hydrogens is 307 g/mol. The normalized spacial score (nSPS) is 19.0. The average Bonchev–Trinajstić information content (AvgIpc) is 2.97. The molecule has 2 aliphatic rings. The van der Waals surface area contributed by atoms with E-state index in [1.165, 1.54) is 23.4 Å². The Balaban J connectivity index is 1.36. The summed E-state index contributed by atoms with van der Waals surface area (Å²) in [6, 6.07) is 14.6. The lowest BCUT2D eigenvalue weighted by Crippen LogP contribution is -2.54. The number of hydrogen-bond acceptors (Lipinski definition) is 3. The van der Waals surface area contributed by atoms with Gasteiger partial charge in [-0.2, -0.15) is 0 Å². The molecule has 0 N–H and O–H groups in total. The highest BCUT2D eigenvalue weighted by Gasteiger charge is 2.35. The van der Waals surface area contributed by atoms with E-state index in [2.05, 4.69) is 29.2 Å². The Kier molecular flexibility index (Phi) is 3.84. The minimum Gasteiger partial charge on any atom is -0.484 e. The van der Waals surface area contributed by atoms with Crippen LogP contribution in [0.15, 0.2) is 48.5 Å². The van der Waals surface area contributed by atoms with Gasteiger partial charge >= 0.3 is 0 Å². The molecule has 1 atom stereocenters. The molecule has 0 bridgehead atoms. The molecule has 5 heteroatoms. The number of carbonyl (C=O) groups is 1. The van der Waals surface area contributed by atoms with Crippen molar-refractivity contribution in [3.8, 4) is 5.75 Å². The number of amides is 1. The van der Waals surface area contributed by atoms with Crippen molar-refractivity contribution in [2.45, 2.75) is 12.5 Å². The van der Waals surface area contributed by atoms with Gasteiger partial charge in [0.2, 0.25) is 0 Å². The van der Waals surface area contributed by atoms with Gasteiger partial charge in [-0.05, 0) is 30.2 Å². The van der Waals surface area contributed by atoms with Gasteiger partial charge in [-0.25, -0.2) is 4.39 Å². The molecule has 24 heavy (non-hydrogen) atoms. The lowest BCUT2D eigenvalue weighted by atomic mass is 10.1. The van der Waals surface area contributed by atoms with Crippen LogP contribution < -0.4 is 9.64 Å². The number of hydrogen-bond donors (Lipinski definition) is 0. The second kappa shape index (κ2) is 6.15. The number of carbonyl (C=O) groups excluding carboxylic acids is 1. The first-order valence-corrected chi connectivity index (χ1v) is 8.21. The van der Waals surface area contributed by atoms with Gasteiger partial charge in [0, 0.05) is 31.4 Å². The zero-order chi connectivity index (χ0) is 16.5. The molecule has 2 aromatic carbocycles. The van der Waals surface area contributed by atoms with Crippen LogP contribution in [0.4, 0.5) is 10.1 Å². The van der Waals surface area contributed by atoms with Gasteiger partial charge in [-0.3, -0.25) is 4.79 Å². The van der Waals surface area contributed by atoms with Crippen LogP contribution in [0.1, 0.15) is 5.56 Å². The summed E-state index contributed by atoms with van der Waals surface area (Å²) in [6.07, 6.45) is 0.977. The molecule has 0 aliphatic carbocycles. The van der Waals surface area contributed by atoms with Crippen LogP contribution in [0.5, 0.6) is 5.75 Å². The summed E-state index contributed by atoms with van der Waals surface area (Å²) < 4.78 is 18.6. The maximum absolute atomic E-state index is 13.1. The number of para-hydroxylation sites is 1. The lowest BCUT2D eigenvalue weighted by Gasteiger charge is -2.39. The molecule has 2 aromatic rings. The van der Waals surface area contributed by atoms with Gasteiger partial charge in [0.1, 0.15) is 11.6 Å². The molecule has 4 rings (SSSR count). The fraction of sp³-hybridized carbons (Fsp3) is 0.316. The number of piperazine rings is 1. The molecule has 4 nitrogen and oxygen atoms in total. The highest BCUT2D eigenvalue weighted by molar-refractivity contribution is 5.78. The number of ether oxygens (including phenoxy) is 1. The van der Waals surface area contributed by atoms with Crippen LogP contribution in [0, 0.1) is 5.82 Å². The fourth-order valence-corrected chi connectivity index (χ4v) is 3.58. The van der Waals surface area contributed by atoms with Gasteiger partial charge in [0.15, 0.2) is 6.61 Å². The van der Waals surface area contributed by atoms with Gasteiger partial charge in [0.05, 0.1) is 6.04 Å². The van der Waals surface area contributed by atoms with Crippen LogP contribution in [0.25, 0.3) is 0 Å². The van der Waals surface area contributed by atoms with Crippen molar-refractivity contribution in [2.24, 2.45) is 0 Å². The third kappa shape index (κ3) is 2.82. The van der Waals surface area contributed by atoms with E-state index in [9.17, 15) is 9.18 Å². The first-order valence-electron chi connectivity index (χ1n) is 8.21. The van der Waals surface area contributed by atoms with Crippen LogP contribution in [-0.4, -0.2) is 43.1 Å². The number of halogens is 1. The largest absolute Gasteiger partial charge is 0.484 e. The summed E-state index contributed by atoms with van der Waals surface area (Å²) in [5.74, 6) is -0.0255. The summed E-state index contributed by atoms with van der Waals surface area (Å²) in [6.45, 7) is 2.19. The Morgan fingerprint density at radius 2 is 2.04 bits per heavy atom. The molecule has 0 aromatic heterocycles. The van der Waals surface area contributed by atoms with Crippen molar-refractivity contribution in [3.05, 3.63) is 59.9 Å². The number of anilines is 1. The Morgan fingerprint density at radius 3 is 2.92 bits per heavy atom. The van der Waals surface area contributed by atoms with Crippen molar-refractivity contribution in [2.75, 3.05) is 31.1 Å². The minimum absolute atomic E-state index is 0.0464. The first kappa shape index (κ1) is 15.0. The van der Waals surface area contributed by atoms with Crippen LogP contribution in [0.3, 0.4) is 0 Å². The SMILES string of the molecule is O=C(COc1cccc(F)c1)N1CCN2c3ccccc3CC2C1. The number of fused-ring (bicyclic) bond motifs is 3. The van der Waals surface area contributed by atoms with Crippen molar-refractivity contribution < 1.29 is 13.9 Å². The molecular formula is C19H19FN2O2. The van der Waals surface area contributed by atoms with Crippen molar-refractivity contribution in [3.63, 3.8) is 0 Å². The second-order valence-electron chi connectivity index (χ2n) is 6.27. The average molecular weight is 326 g/mol. The van der Waals surface area contributed by atoms with Gasteiger partial charge in [0.25, 0.3) is 5.91 Å². The first-order chi connectivity index (χ1) is 11.7. The zero-order valence-corrected chi connectivity index (χ0v) is 13.3. The number of benzene rings is 2. The molecule has 1 unspecified atom stereocenters. The quantitative estimate of drug-likeness (QED) is 0.869. The van der Waals surface area contributed by atoms with E-state index in [-0.39, 0.29) is 18.3 Å². The van der Waals surface area contributed by atoms with Crippen LogP contribution >= 0.6 is 0 Å². The molecule has 0 radical (unpaired) electrons. The van der Waals surface area contributed by atoms with E-state index in [1.807, 2.05) is 4.90 Å². The van der Waals surface area contributed by atoms with E-state index in [4.69, 9.17) is 4.74 Å². The highest BCUT2D eigenvalue weighted by Crippen LogP contribution is 2.33. The van der Waals surface area contributed by atoms with E-state index in [0.717, 1.165) is 13.0 Å². The third-order valence-electron chi connectivity index (χ3n) is 4.75. The van der Waals surface area contributed by atoms with Crippen molar-refractivity contribution in [1.29, 1.82) is 0 Å². The summed E-state index contributed by atoms with van der Waals surface area (Å²) >= 11 is 0. The van der Waals surface area contributed by atoms with Crippen molar-refractivity contribution >= 4 is 11.6 Å². The number of rotatable bonds is 3. The van der Waals surface area contributed by atoms with Crippen molar-refractivity contribution in [1.82, 2.24) is 4.90 Å². The predicted molar refractivity (Wildman–Crippen MR) is 89.8 cm³/mol. The number of nitrogens with zero attached hydrogens (tertiary/aromatic N) is 2. The third-order valence-corrected chi connectivity index (χ3v) is 4.75. The van der Waals surface area contributed by atoms with E-state index in [0.29, 0.717) is 24.9 Å². The van der Waals surface area contributed by atoms with Crippen LogP contribution in [0.2, 0.25) is 0 Å². The second-order valence-corrected chi connectivity index (χ2v) is 6.27. The maximum Gasteiger partial charge on any atom is 0.260 e. The summed E-state index contributed by atoms with van der Waals surface area (Å²) in [7, 11) is 0. The smallest absolute Gasteiger partial charge is 0.260 e. The molecule has 2 aliphatic heterocycles. The summed E-state index contributed by atoms with van der Waals surface area (Å²) in [5, 5.41) is 0. The molecule has 1 saturated heterocycles. The van der Waals surface area contributed by atoms with Gasteiger partial charge < -0.3 is 14.5 Å². The van der Waals surface area contributed by atoms with E-state index >= 15 is 0 Å². The Labute approximate surface area is 140 Å². The Bertz CT molecular complexity index is 765. The molecule has 2 heterocycles. The van der Waals surface area contributed by atoms with E-state index < -0.39 is 0 Å². The maximum atomic E-state index is 13.1. The van der Waals surface area contributed by atoms with E-state index in [1.54, 1.807) is 12.1 Å². The predicted octanol–water partition coefficient (Wildman–Crippen LogP) is 2.48. The standard InChI is InChI=1S/C19H19FN2O2/c20-15-5-3-6-17(11-15)24-13-19(23)21-8-9-22-16(12-21)10-14-4-1-2-7-18(14)22/h1-7,11,16H,8-10,12-13H2. The van der Waals surface area contributed by atoms with Gasteiger partial charge in [-0.15, -0.1) is 0 Å². The summed E-state index contributed by atoms with van der Waals surface area (Å²) in [5.41, 5.74) is 2.65. The zero-order valence-electron chi connectivity index (χ0n) is 13.3. The molecule has 1 fully saturated rings. The summed E-state index contributed by atoms with van der Waals surface area (Å²) in [4.78, 5) is 16.7. The van der Waals surface area contributed by atoms with Crippen LogP contribution in [-0.2, 0) is 11.2 Å². The lowest BCUT2D eigenvalue weighted by molar-refractivity contribution is -0.134. The fourth-order valence-electron chi connectivity index (χ4n) is 3.58. The highest BCUT2D eigenvalue weighted by atomic mass is 19.1. The Morgan fingerprint density at radius 1 is 1.17 bits per heavy atom. The molecule has 0 spiro atoms.